The summed E-state index contributed by atoms with van der Waals surface area (Å²) >= 11 is 2.33. The number of carbonyl (C=O) groups excluding carboxylic acids is 2. The van der Waals surface area contributed by atoms with E-state index < -0.39 is 5.97 Å². The minimum Gasteiger partial charge on any atom is -0.493 e. The van der Waals surface area contributed by atoms with Crippen molar-refractivity contribution in [1.82, 2.24) is 10.2 Å². The van der Waals surface area contributed by atoms with E-state index in [1.807, 2.05) is 35.7 Å². The molecule has 0 aliphatic carbocycles. The van der Waals surface area contributed by atoms with Gasteiger partial charge < -0.3 is 28.7 Å². The second-order valence-corrected chi connectivity index (χ2v) is 9.37. The lowest BCUT2D eigenvalue weighted by Gasteiger charge is -2.12. The summed E-state index contributed by atoms with van der Waals surface area (Å²) in [6.45, 7) is 1.95. The number of esters is 1. The lowest BCUT2D eigenvalue weighted by Crippen LogP contribution is -2.16. The summed E-state index contributed by atoms with van der Waals surface area (Å²) in [6, 6.07) is 12.8. The molecule has 0 bridgehead atoms. The van der Waals surface area contributed by atoms with Crippen molar-refractivity contribution >= 4 is 40.0 Å². The van der Waals surface area contributed by atoms with Gasteiger partial charge in [-0.15, -0.1) is 21.5 Å². The highest BCUT2D eigenvalue weighted by Crippen LogP contribution is 2.41. The van der Waals surface area contributed by atoms with Crippen LogP contribution in [-0.4, -0.2) is 55.8 Å². The molecule has 0 radical (unpaired) electrons. The van der Waals surface area contributed by atoms with Gasteiger partial charge in [-0.25, -0.2) is 4.79 Å². The molecular formula is C26H25N3O7S2. The Balaban J connectivity index is 1.47. The van der Waals surface area contributed by atoms with Crippen molar-refractivity contribution in [2.24, 2.45) is 0 Å². The van der Waals surface area contributed by atoms with Crippen LogP contribution in [0.2, 0.25) is 0 Å². The number of methoxy groups -OCH3 is 3. The summed E-state index contributed by atoms with van der Waals surface area (Å²) in [4.78, 5) is 25.5. The number of ether oxygens (including phenoxy) is 4. The van der Waals surface area contributed by atoms with Gasteiger partial charge in [-0.2, -0.15) is 0 Å². The van der Waals surface area contributed by atoms with Crippen molar-refractivity contribution < 1.29 is 33.0 Å². The highest BCUT2D eigenvalue weighted by Gasteiger charge is 2.23. The minimum absolute atomic E-state index is 0.0161. The standard InChI is InChI=1S/C26H25N3O7S2/c1-5-35-25(31)21-17(15-9-7-6-8-10-15)13-37-24(21)27-20(30)14-38-26-29-28-23(36-26)16-11-18(32-2)22(34-4)19(12-16)33-3/h6-13H,5,14H2,1-4H3,(H,27,30). The molecule has 2 aromatic carbocycles. The third-order valence-electron chi connectivity index (χ3n) is 5.25. The molecule has 1 N–H and O–H groups in total. The smallest absolute Gasteiger partial charge is 0.341 e. The van der Waals surface area contributed by atoms with Gasteiger partial charge in [-0.1, -0.05) is 42.1 Å². The van der Waals surface area contributed by atoms with E-state index in [0.717, 1.165) is 17.3 Å². The zero-order chi connectivity index (χ0) is 27.1. The fraction of sp³-hybridized carbons (Fsp3) is 0.231. The first-order valence-electron chi connectivity index (χ1n) is 11.4. The Morgan fingerprint density at radius 2 is 1.71 bits per heavy atom. The molecule has 12 heteroatoms. The molecule has 38 heavy (non-hydrogen) atoms. The summed E-state index contributed by atoms with van der Waals surface area (Å²) in [7, 11) is 4.54. The van der Waals surface area contributed by atoms with Crippen molar-refractivity contribution in [2.45, 2.75) is 12.1 Å². The molecule has 0 fully saturated rings. The third-order valence-corrected chi connectivity index (χ3v) is 6.97. The largest absolute Gasteiger partial charge is 0.493 e. The van der Waals surface area contributed by atoms with Crippen molar-refractivity contribution in [3.05, 3.63) is 53.4 Å². The number of hydrogen-bond donors (Lipinski definition) is 1. The number of aromatic nitrogens is 2. The van der Waals surface area contributed by atoms with Gasteiger partial charge >= 0.3 is 5.97 Å². The molecule has 0 saturated heterocycles. The van der Waals surface area contributed by atoms with Crippen LogP contribution in [0.3, 0.4) is 0 Å². The van der Waals surface area contributed by atoms with Crippen LogP contribution in [-0.2, 0) is 9.53 Å². The average Bonchev–Trinajstić information content (AvgIpc) is 3.59. The first-order valence-corrected chi connectivity index (χ1v) is 13.3. The van der Waals surface area contributed by atoms with Crippen LogP contribution in [0, 0.1) is 0 Å². The molecular weight excluding hydrogens is 530 g/mol. The number of nitrogens with one attached hydrogen (secondary N) is 1. The van der Waals surface area contributed by atoms with E-state index in [-0.39, 0.29) is 29.4 Å². The Hall–Kier alpha value is -4.03. The van der Waals surface area contributed by atoms with Crippen LogP contribution in [0.25, 0.3) is 22.6 Å². The molecule has 0 spiro atoms. The maximum atomic E-state index is 12.8. The molecule has 4 aromatic rings. The van der Waals surface area contributed by atoms with Crippen molar-refractivity contribution in [3.8, 4) is 39.8 Å². The van der Waals surface area contributed by atoms with Gasteiger partial charge in [-0.05, 0) is 24.6 Å². The minimum atomic E-state index is -0.498. The van der Waals surface area contributed by atoms with Gasteiger partial charge in [0.15, 0.2) is 11.5 Å². The second-order valence-electron chi connectivity index (χ2n) is 7.56. The molecule has 0 atom stereocenters. The molecule has 10 nitrogen and oxygen atoms in total. The number of hydrogen-bond acceptors (Lipinski definition) is 11. The van der Waals surface area contributed by atoms with Crippen molar-refractivity contribution in [3.63, 3.8) is 0 Å². The molecule has 1 amide bonds. The number of thioether (sulfide) groups is 1. The number of thiophene rings is 1. The van der Waals surface area contributed by atoms with E-state index in [0.29, 0.717) is 38.9 Å². The van der Waals surface area contributed by atoms with Gasteiger partial charge in [0.25, 0.3) is 5.22 Å². The van der Waals surface area contributed by atoms with Crippen LogP contribution in [0.5, 0.6) is 17.2 Å². The average molecular weight is 556 g/mol. The first-order chi connectivity index (χ1) is 18.5. The van der Waals surface area contributed by atoms with E-state index >= 15 is 0 Å². The van der Waals surface area contributed by atoms with Crippen molar-refractivity contribution in [1.29, 1.82) is 0 Å². The quantitative estimate of drug-likeness (QED) is 0.190. The number of rotatable bonds is 11. The van der Waals surface area contributed by atoms with E-state index in [9.17, 15) is 9.59 Å². The number of nitrogens with zero attached hydrogens (tertiary/aromatic N) is 2. The van der Waals surface area contributed by atoms with Gasteiger partial charge in [0, 0.05) is 16.5 Å². The molecule has 2 heterocycles. The topological polar surface area (TPSA) is 122 Å². The predicted molar refractivity (Wildman–Crippen MR) is 144 cm³/mol. The summed E-state index contributed by atoms with van der Waals surface area (Å²) in [6.07, 6.45) is 0. The van der Waals surface area contributed by atoms with Crippen LogP contribution in [0.15, 0.2) is 57.5 Å². The summed E-state index contributed by atoms with van der Waals surface area (Å²) in [5.74, 6) is 0.696. The van der Waals surface area contributed by atoms with Gasteiger partial charge in [-0.3, -0.25) is 4.79 Å². The monoisotopic (exact) mass is 555 g/mol. The Labute approximate surface area is 227 Å². The molecule has 2 aromatic heterocycles. The molecule has 0 aliphatic heterocycles. The summed E-state index contributed by atoms with van der Waals surface area (Å²) in [5, 5.41) is 13.3. The molecule has 0 unspecified atom stereocenters. The first kappa shape index (κ1) is 27.0. The third kappa shape index (κ3) is 5.92. The second kappa shape index (κ2) is 12.5. The maximum Gasteiger partial charge on any atom is 0.341 e. The summed E-state index contributed by atoms with van der Waals surface area (Å²) < 4.78 is 27.1. The van der Waals surface area contributed by atoms with Crippen LogP contribution in [0.1, 0.15) is 17.3 Å². The number of carbonyl (C=O) groups is 2. The zero-order valence-corrected chi connectivity index (χ0v) is 22.7. The molecule has 4 rings (SSSR count). The number of anilines is 1. The number of benzene rings is 2. The Bertz CT molecular complexity index is 1390. The van der Waals surface area contributed by atoms with Crippen LogP contribution in [0.4, 0.5) is 5.00 Å². The van der Waals surface area contributed by atoms with E-state index in [4.69, 9.17) is 23.4 Å². The highest BCUT2D eigenvalue weighted by atomic mass is 32.2. The SMILES string of the molecule is CCOC(=O)c1c(-c2ccccc2)csc1NC(=O)CSc1nnc(-c2cc(OC)c(OC)c(OC)c2)o1. The molecule has 0 aliphatic rings. The van der Waals surface area contributed by atoms with Gasteiger partial charge in [0.1, 0.15) is 10.6 Å². The maximum absolute atomic E-state index is 12.8. The van der Waals surface area contributed by atoms with E-state index in [2.05, 4.69) is 15.5 Å². The molecule has 198 valence electrons. The summed E-state index contributed by atoms with van der Waals surface area (Å²) in [5.41, 5.74) is 2.44. The zero-order valence-electron chi connectivity index (χ0n) is 21.1. The van der Waals surface area contributed by atoms with Gasteiger partial charge in [0.2, 0.25) is 17.5 Å². The van der Waals surface area contributed by atoms with Crippen LogP contribution >= 0.6 is 23.1 Å². The Morgan fingerprint density at radius 1 is 1.00 bits per heavy atom. The highest BCUT2D eigenvalue weighted by molar-refractivity contribution is 7.99. The fourth-order valence-electron chi connectivity index (χ4n) is 3.57. The Morgan fingerprint density at radius 3 is 2.34 bits per heavy atom. The van der Waals surface area contributed by atoms with Crippen LogP contribution < -0.4 is 19.5 Å². The van der Waals surface area contributed by atoms with E-state index in [1.165, 1.54) is 32.7 Å². The lowest BCUT2D eigenvalue weighted by molar-refractivity contribution is -0.113. The normalized spacial score (nSPS) is 10.6. The van der Waals surface area contributed by atoms with E-state index in [1.54, 1.807) is 19.1 Å². The van der Waals surface area contributed by atoms with Crippen molar-refractivity contribution in [2.75, 3.05) is 39.0 Å². The number of amides is 1. The Kier molecular flexibility index (Phi) is 8.87. The molecule has 0 saturated carbocycles. The lowest BCUT2D eigenvalue weighted by atomic mass is 10.0. The van der Waals surface area contributed by atoms with Gasteiger partial charge in [0.05, 0.1) is 33.7 Å². The fourth-order valence-corrected chi connectivity index (χ4v) is 5.10. The predicted octanol–water partition coefficient (Wildman–Crippen LogP) is 5.40.